The van der Waals surface area contributed by atoms with Gasteiger partial charge in [0.25, 0.3) is 0 Å². The van der Waals surface area contributed by atoms with Gasteiger partial charge in [-0.1, -0.05) is 13.8 Å². The molecule has 0 heterocycles. The van der Waals surface area contributed by atoms with E-state index in [1.807, 2.05) is 45.2 Å². The highest BCUT2D eigenvalue weighted by Gasteiger charge is 2.51. The summed E-state index contributed by atoms with van der Waals surface area (Å²) in [5.41, 5.74) is 0.128. The zero-order valence-electron chi connectivity index (χ0n) is 11.1. The van der Waals surface area contributed by atoms with Crippen molar-refractivity contribution in [2.24, 2.45) is 5.92 Å². The van der Waals surface area contributed by atoms with E-state index in [-0.39, 0.29) is 5.56 Å². The number of hydrogen-bond acceptors (Lipinski definition) is 3. The van der Waals surface area contributed by atoms with Crippen LogP contribution < -0.4 is 0 Å². The van der Waals surface area contributed by atoms with Gasteiger partial charge in [-0.05, 0) is 69.3 Å². The molecule has 8 heteroatoms. The predicted octanol–water partition coefficient (Wildman–Crippen LogP) is 3.80. The van der Waals surface area contributed by atoms with Crippen molar-refractivity contribution in [1.82, 2.24) is 0 Å². The number of esters is 1. The molecular weight excluding hydrogens is 512 g/mol. The molecule has 116 valence electrons. The van der Waals surface area contributed by atoms with Gasteiger partial charge in [0.1, 0.15) is 0 Å². The molecule has 1 aromatic rings. The minimum atomic E-state index is -4.14. The van der Waals surface area contributed by atoms with Gasteiger partial charge >= 0.3 is 17.9 Å². The lowest BCUT2D eigenvalue weighted by Gasteiger charge is -2.26. The molecule has 0 aliphatic rings. The first-order chi connectivity index (χ1) is 9.57. The Morgan fingerprint density at radius 1 is 1.29 bits per heavy atom. The largest absolute Gasteiger partial charge is 0.477 e. The van der Waals surface area contributed by atoms with Gasteiger partial charge in [-0.25, -0.2) is 9.59 Å². The summed E-state index contributed by atoms with van der Waals surface area (Å²) in [4.78, 5) is 22.7. The standard InChI is InChI=1S/C13H12F2I2O4/c1-6(2)10(13(14,15)12(19)20)21-11(18)8-4-3-7(16)5-9(8)17/h3-6,10H,1-2H3,(H,19,20). The van der Waals surface area contributed by atoms with Crippen molar-refractivity contribution in [1.29, 1.82) is 0 Å². The van der Waals surface area contributed by atoms with Crippen LogP contribution in [0.1, 0.15) is 24.2 Å². The first-order valence-electron chi connectivity index (χ1n) is 5.84. The number of ether oxygens (including phenoxy) is 1. The molecule has 0 fully saturated rings. The molecule has 0 aliphatic carbocycles. The van der Waals surface area contributed by atoms with Gasteiger partial charge in [0, 0.05) is 7.14 Å². The Morgan fingerprint density at radius 3 is 2.29 bits per heavy atom. The minimum Gasteiger partial charge on any atom is -0.477 e. The Labute approximate surface area is 147 Å². The van der Waals surface area contributed by atoms with E-state index < -0.39 is 29.9 Å². The molecule has 4 nitrogen and oxygen atoms in total. The Balaban J connectivity index is 3.05. The predicted molar refractivity (Wildman–Crippen MR) is 88.5 cm³/mol. The van der Waals surface area contributed by atoms with E-state index in [1.165, 1.54) is 19.9 Å². The molecule has 1 rings (SSSR count). The molecule has 1 unspecified atom stereocenters. The second-order valence-corrected chi connectivity index (χ2v) is 7.03. The third-order valence-electron chi connectivity index (χ3n) is 2.63. The molecule has 0 aliphatic heterocycles. The topological polar surface area (TPSA) is 63.6 Å². The summed E-state index contributed by atoms with van der Waals surface area (Å²) in [6.07, 6.45) is -2.03. The number of hydrogen-bond donors (Lipinski definition) is 1. The number of carbonyl (C=O) groups excluding carboxylic acids is 1. The molecule has 0 amide bonds. The molecular formula is C13H12F2I2O4. The number of aliphatic carboxylic acids is 1. The Morgan fingerprint density at radius 2 is 1.86 bits per heavy atom. The SMILES string of the molecule is CC(C)C(OC(=O)c1ccc(I)cc1I)C(F)(F)C(=O)O. The number of carbonyl (C=O) groups is 2. The van der Waals surface area contributed by atoms with Crippen LogP contribution in [-0.2, 0) is 9.53 Å². The lowest BCUT2D eigenvalue weighted by molar-refractivity contribution is -0.187. The number of benzene rings is 1. The molecule has 0 spiro atoms. The molecule has 0 saturated heterocycles. The zero-order chi connectivity index (χ0) is 16.4. The first kappa shape index (κ1) is 18.5. The van der Waals surface area contributed by atoms with Gasteiger partial charge in [0.15, 0.2) is 6.10 Å². The fourth-order valence-electron chi connectivity index (χ4n) is 1.58. The highest BCUT2D eigenvalue weighted by molar-refractivity contribution is 14.1. The maximum Gasteiger partial charge on any atom is 0.378 e. The van der Waals surface area contributed by atoms with Crippen molar-refractivity contribution >= 4 is 57.1 Å². The van der Waals surface area contributed by atoms with E-state index in [9.17, 15) is 18.4 Å². The fourth-order valence-corrected chi connectivity index (χ4v) is 3.41. The molecule has 1 atom stereocenters. The third-order valence-corrected chi connectivity index (χ3v) is 4.20. The summed E-state index contributed by atoms with van der Waals surface area (Å²) in [7, 11) is 0. The summed E-state index contributed by atoms with van der Waals surface area (Å²) in [5.74, 6) is -8.26. The summed E-state index contributed by atoms with van der Waals surface area (Å²) in [5, 5.41) is 8.59. The van der Waals surface area contributed by atoms with Crippen LogP contribution in [0, 0.1) is 13.1 Å². The number of carboxylic acid groups (broad SMARTS) is 1. The summed E-state index contributed by atoms with van der Waals surface area (Å²) < 4.78 is 33.4. The second-order valence-electron chi connectivity index (χ2n) is 4.62. The van der Waals surface area contributed by atoms with Crippen molar-refractivity contribution in [3.05, 3.63) is 30.9 Å². The van der Waals surface area contributed by atoms with Gasteiger partial charge in [0.2, 0.25) is 0 Å². The molecule has 0 bridgehead atoms. The lowest BCUT2D eigenvalue weighted by atomic mass is 10.0. The third kappa shape index (κ3) is 4.47. The number of rotatable bonds is 5. The lowest BCUT2D eigenvalue weighted by Crippen LogP contribution is -2.47. The maximum absolute atomic E-state index is 13.6. The van der Waals surface area contributed by atoms with Crippen LogP contribution in [0.2, 0.25) is 0 Å². The van der Waals surface area contributed by atoms with Crippen LogP contribution >= 0.6 is 45.2 Å². The van der Waals surface area contributed by atoms with E-state index in [2.05, 4.69) is 0 Å². The van der Waals surface area contributed by atoms with Crippen LogP contribution in [0.25, 0.3) is 0 Å². The summed E-state index contributed by atoms with van der Waals surface area (Å²) >= 11 is 3.94. The molecule has 1 aromatic carbocycles. The van der Waals surface area contributed by atoms with E-state index in [0.29, 0.717) is 3.57 Å². The monoisotopic (exact) mass is 524 g/mol. The zero-order valence-corrected chi connectivity index (χ0v) is 15.4. The van der Waals surface area contributed by atoms with Gasteiger partial charge in [-0.15, -0.1) is 0 Å². The average molecular weight is 524 g/mol. The van der Waals surface area contributed by atoms with E-state index in [1.54, 1.807) is 12.1 Å². The number of halogens is 4. The van der Waals surface area contributed by atoms with Crippen molar-refractivity contribution in [3.63, 3.8) is 0 Å². The van der Waals surface area contributed by atoms with Crippen molar-refractivity contribution in [2.45, 2.75) is 25.9 Å². The highest BCUT2D eigenvalue weighted by atomic mass is 127. The Bertz CT molecular complexity index is 561. The molecule has 1 N–H and O–H groups in total. The highest BCUT2D eigenvalue weighted by Crippen LogP contribution is 2.29. The molecule has 0 radical (unpaired) electrons. The summed E-state index contributed by atoms with van der Waals surface area (Å²) in [6, 6.07) is 4.79. The average Bonchev–Trinajstić information content (AvgIpc) is 2.34. The number of carboxylic acids is 1. The van der Waals surface area contributed by atoms with Crippen LogP contribution in [0.5, 0.6) is 0 Å². The van der Waals surface area contributed by atoms with E-state index in [4.69, 9.17) is 9.84 Å². The van der Waals surface area contributed by atoms with Crippen LogP contribution in [0.4, 0.5) is 8.78 Å². The minimum absolute atomic E-state index is 0.128. The smallest absolute Gasteiger partial charge is 0.378 e. The van der Waals surface area contributed by atoms with Crippen molar-refractivity contribution in [2.75, 3.05) is 0 Å². The van der Waals surface area contributed by atoms with Crippen LogP contribution in [-0.4, -0.2) is 29.1 Å². The van der Waals surface area contributed by atoms with Gasteiger partial charge in [0.05, 0.1) is 5.56 Å². The van der Waals surface area contributed by atoms with Gasteiger partial charge < -0.3 is 9.84 Å². The van der Waals surface area contributed by atoms with Gasteiger partial charge in [-0.3, -0.25) is 0 Å². The van der Waals surface area contributed by atoms with Crippen LogP contribution in [0.15, 0.2) is 18.2 Å². The quantitative estimate of drug-likeness (QED) is 0.471. The Kier molecular flexibility index (Phi) is 6.32. The second kappa shape index (κ2) is 7.16. The van der Waals surface area contributed by atoms with Crippen molar-refractivity contribution in [3.8, 4) is 0 Å². The molecule has 0 aromatic heterocycles. The van der Waals surface area contributed by atoms with E-state index >= 15 is 0 Å². The molecule has 21 heavy (non-hydrogen) atoms. The van der Waals surface area contributed by atoms with E-state index in [0.717, 1.165) is 3.57 Å². The Hall–Kier alpha value is -0.520. The summed E-state index contributed by atoms with van der Waals surface area (Å²) in [6.45, 7) is 2.74. The van der Waals surface area contributed by atoms with Crippen LogP contribution in [0.3, 0.4) is 0 Å². The maximum atomic E-state index is 13.6. The first-order valence-corrected chi connectivity index (χ1v) is 8.00. The van der Waals surface area contributed by atoms with Crippen molar-refractivity contribution < 1.29 is 28.2 Å². The number of alkyl halides is 2. The van der Waals surface area contributed by atoms with Gasteiger partial charge in [-0.2, -0.15) is 8.78 Å². The molecule has 0 saturated carbocycles. The normalized spacial score (nSPS) is 13.1. The fraction of sp³-hybridized carbons (Fsp3) is 0.385.